The van der Waals surface area contributed by atoms with Crippen LogP contribution in [0.15, 0.2) is 48.7 Å². The van der Waals surface area contributed by atoms with Gasteiger partial charge >= 0.3 is 12.1 Å². The maximum absolute atomic E-state index is 12.5. The van der Waals surface area contributed by atoms with Gasteiger partial charge in [0.2, 0.25) is 0 Å². The Kier molecular flexibility index (Phi) is 7.16. The SMILES string of the molecule is COc1cc(NC(=O)Nc2cccc(CNC(=O)O[C@H]3CCOC3)c2)ccc1C1=CNCO1. The number of rotatable bonds is 7. The normalized spacial score (nSPS) is 16.8. The average molecular weight is 454 g/mol. The molecule has 0 saturated carbocycles. The predicted molar refractivity (Wildman–Crippen MR) is 122 cm³/mol. The number of hydrogen-bond acceptors (Lipinski definition) is 7. The number of urea groups is 1. The van der Waals surface area contributed by atoms with Gasteiger partial charge in [0.1, 0.15) is 17.6 Å². The molecular formula is C23H26N4O6. The molecule has 1 fully saturated rings. The maximum atomic E-state index is 12.5. The molecule has 0 radical (unpaired) electrons. The van der Waals surface area contributed by atoms with Gasteiger partial charge in [0.15, 0.2) is 6.73 Å². The number of alkyl carbamates (subject to hydrolysis) is 1. The molecule has 33 heavy (non-hydrogen) atoms. The summed E-state index contributed by atoms with van der Waals surface area (Å²) >= 11 is 0. The van der Waals surface area contributed by atoms with Crippen molar-refractivity contribution in [2.75, 3.05) is 37.7 Å². The van der Waals surface area contributed by atoms with E-state index < -0.39 is 12.1 Å². The lowest BCUT2D eigenvalue weighted by Crippen LogP contribution is -2.28. The van der Waals surface area contributed by atoms with Gasteiger partial charge in [-0.15, -0.1) is 0 Å². The molecule has 0 aliphatic carbocycles. The molecule has 0 unspecified atom stereocenters. The van der Waals surface area contributed by atoms with Crippen molar-refractivity contribution in [3.63, 3.8) is 0 Å². The highest BCUT2D eigenvalue weighted by atomic mass is 16.6. The number of methoxy groups -OCH3 is 1. The number of hydrogen-bond donors (Lipinski definition) is 4. The highest BCUT2D eigenvalue weighted by Crippen LogP contribution is 2.30. The Morgan fingerprint density at radius 2 is 2.00 bits per heavy atom. The number of nitrogens with one attached hydrogen (secondary N) is 4. The van der Waals surface area contributed by atoms with Crippen LogP contribution >= 0.6 is 0 Å². The lowest BCUT2D eigenvalue weighted by molar-refractivity contribution is 0.0828. The Labute approximate surface area is 191 Å². The number of benzene rings is 2. The van der Waals surface area contributed by atoms with Crippen molar-refractivity contribution in [1.82, 2.24) is 10.6 Å². The topological polar surface area (TPSA) is 119 Å². The van der Waals surface area contributed by atoms with Gasteiger partial charge < -0.3 is 40.2 Å². The van der Waals surface area contributed by atoms with Gasteiger partial charge in [-0.05, 0) is 29.8 Å². The minimum Gasteiger partial charge on any atom is -0.496 e. The fourth-order valence-corrected chi connectivity index (χ4v) is 3.45. The molecular weight excluding hydrogens is 428 g/mol. The Morgan fingerprint density at radius 3 is 2.73 bits per heavy atom. The Bertz CT molecular complexity index is 1040. The monoisotopic (exact) mass is 454 g/mol. The van der Waals surface area contributed by atoms with Crippen molar-refractivity contribution in [2.24, 2.45) is 0 Å². The lowest BCUT2D eigenvalue weighted by atomic mass is 10.1. The molecule has 4 rings (SSSR count). The first-order valence-corrected chi connectivity index (χ1v) is 10.5. The van der Waals surface area contributed by atoms with E-state index in [0.29, 0.717) is 49.2 Å². The van der Waals surface area contributed by atoms with Crippen molar-refractivity contribution in [3.05, 3.63) is 59.8 Å². The molecule has 0 spiro atoms. The molecule has 2 aliphatic heterocycles. The fourth-order valence-electron chi connectivity index (χ4n) is 3.45. The smallest absolute Gasteiger partial charge is 0.407 e. The van der Waals surface area contributed by atoms with Crippen molar-refractivity contribution in [1.29, 1.82) is 0 Å². The molecule has 2 aromatic carbocycles. The standard InChI is InChI=1S/C23H26N4O6/c1-30-20-10-17(5-6-19(20)21-12-24-14-32-21)27-22(28)26-16-4-2-3-15(9-16)11-25-23(29)33-18-7-8-31-13-18/h2-6,9-10,12,18,24H,7-8,11,13-14H2,1H3,(H,25,29)(H2,26,27,28)/t18-/m0/s1. The van der Waals surface area contributed by atoms with Crippen LogP contribution in [0.3, 0.4) is 0 Å². The third-order valence-electron chi connectivity index (χ3n) is 5.05. The molecule has 3 amide bonds. The van der Waals surface area contributed by atoms with E-state index in [1.165, 1.54) is 0 Å². The summed E-state index contributed by atoms with van der Waals surface area (Å²) in [4.78, 5) is 24.4. The van der Waals surface area contributed by atoms with Gasteiger partial charge in [-0.2, -0.15) is 0 Å². The number of anilines is 2. The molecule has 2 aromatic rings. The van der Waals surface area contributed by atoms with Crippen molar-refractivity contribution >= 4 is 29.3 Å². The van der Waals surface area contributed by atoms with Gasteiger partial charge in [-0.3, -0.25) is 0 Å². The molecule has 174 valence electrons. The third-order valence-corrected chi connectivity index (χ3v) is 5.05. The summed E-state index contributed by atoms with van der Waals surface area (Å²) in [6.07, 6.45) is 1.78. The van der Waals surface area contributed by atoms with E-state index >= 15 is 0 Å². The van der Waals surface area contributed by atoms with E-state index in [-0.39, 0.29) is 12.6 Å². The molecule has 10 nitrogen and oxygen atoms in total. The zero-order chi connectivity index (χ0) is 23.0. The minimum atomic E-state index is -0.492. The van der Waals surface area contributed by atoms with Gasteiger partial charge in [-0.25, -0.2) is 9.59 Å². The quantitative estimate of drug-likeness (QED) is 0.507. The second-order valence-corrected chi connectivity index (χ2v) is 7.44. The summed E-state index contributed by atoms with van der Waals surface area (Å²) in [6.45, 7) is 1.72. The summed E-state index contributed by atoms with van der Waals surface area (Å²) in [6, 6.07) is 12.1. The molecule has 2 aliphatic rings. The van der Waals surface area contributed by atoms with Crippen molar-refractivity contribution < 1.29 is 28.5 Å². The van der Waals surface area contributed by atoms with Crippen LogP contribution in [0.4, 0.5) is 21.0 Å². The van der Waals surface area contributed by atoms with E-state index in [2.05, 4.69) is 21.3 Å². The zero-order valence-electron chi connectivity index (χ0n) is 18.2. The van der Waals surface area contributed by atoms with Crippen LogP contribution in [0.1, 0.15) is 17.5 Å². The number of carbonyl (C=O) groups is 2. The molecule has 10 heteroatoms. The molecule has 0 aromatic heterocycles. The van der Waals surface area contributed by atoms with Crippen LogP contribution in [0, 0.1) is 0 Å². The minimum absolute atomic E-state index is 0.200. The molecule has 1 saturated heterocycles. The summed E-state index contributed by atoms with van der Waals surface area (Å²) < 4.78 is 21.4. The van der Waals surface area contributed by atoms with Gasteiger partial charge in [-0.1, -0.05) is 12.1 Å². The van der Waals surface area contributed by atoms with Crippen LogP contribution < -0.4 is 26.0 Å². The predicted octanol–water partition coefficient (Wildman–Crippen LogP) is 3.23. The highest BCUT2D eigenvalue weighted by molar-refractivity contribution is 6.00. The largest absolute Gasteiger partial charge is 0.496 e. The van der Waals surface area contributed by atoms with Gasteiger partial charge in [0, 0.05) is 36.6 Å². The molecule has 2 heterocycles. The lowest BCUT2D eigenvalue weighted by Gasteiger charge is -2.13. The Hall–Kier alpha value is -3.92. The van der Waals surface area contributed by atoms with Crippen molar-refractivity contribution in [3.8, 4) is 5.75 Å². The summed E-state index contributed by atoms with van der Waals surface area (Å²) in [5.41, 5.74) is 2.75. The first-order chi connectivity index (χ1) is 16.1. The summed E-state index contributed by atoms with van der Waals surface area (Å²) in [5, 5.41) is 11.3. The van der Waals surface area contributed by atoms with Crippen LogP contribution in [0.2, 0.25) is 0 Å². The first kappa shape index (κ1) is 22.3. The highest BCUT2D eigenvalue weighted by Gasteiger charge is 2.19. The van der Waals surface area contributed by atoms with E-state index in [1.807, 2.05) is 12.1 Å². The van der Waals surface area contributed by atoms with E-state index in [1.54, 1.807) is 43.6 Å². The number of ether oxygens (including phenoxy) is 4. The number of carbonyl (C=O) groups excluding carboxylic acids is 2. The second-order valence-electron chi connectivity index (χ2n) is 7.44. The molecule has 1 atom stereocenters. The maximum Gasteiger partial charge on any atom is 0.407 e. The van der Waals surface area contributed by atoms with E-state index in [4.69, 9.17) is 18.9 Å². The first-order valence-electron chi connectivity index (χ1n) is 10.5. The van der Waals surface area contributed by atoms with E-state index in [0.717, 1.165) is 11.1 Å². The van der Waals surface area contributed by atoms with Crippen LogP contribution in [0.5, 0.6) is 5.75 Å². The van der Waals surface area contributed by atoms with E-state index in [9.17, 15) is 9.59 Å². The zero-order valence-corrected chi connectivity index (χ0v) is 18.2. The summed E-state index contributed by atoms with van der Waals surface area (Å²) in [7, 11) is 1.56. The van der Waals surface area contributed by atoms with Gasteiger partial charge in [0.05, 0.1) is 25.9 Å². The van der Waals surface area contributed by atoms with Gasteiger partial charge in [0.25, 0.3) is 0 Å². The summed E-state index contributed by atoms with van der Waals surface area (Å²) in [5.74, 6) is 1.25. The average Bonchev–Trinajstić information content (AvgIpc) is 3.52. The van der Waals surface area contributed by atoms with Crippen LogP contribution in [-0.2, 0) is 20.8 Å². The third kappa shape index (κ3) is 6.07. The second kappa shape index (κ2) is 10.6. The molecule has 0 bridgehead atoms. The molecule has 4 N–H and O–H groups in total. The number of amides is 3. The fraction of sp³-hybridized carbons (Fsp3) is 0.304. The van der Waals surface area contributed by atoms with Crippen LogP contribution in [-0.4, -0.2) is 45.3 Å². The Balaban J connectivity index is 1.30. The van der Waals surface area contributed by atoms with Crippen LogP contribution in [0.25, 0.3) is 5.76 Å². The Morgan fingerprint density at radius 1 is 1.15 bits per heavy atom. The van der Waals surface area contributed by atoms with Crippen molar-refractivity contribution in [2.45, 2.75) is 19.1 Å².